The van der Waals surface area contributed by atoms with Gasteiger partial charge in [-0.3, -0.25) is 0 Å². The smallest absolute Gasteiger partial charge is 0.000336 e. The highest BCUT2D eigenvalue weighted by Gasteiger charge is 2.35. The molecule has 0 radical (unpaired) electrons. The van der Waals surface area contributed by atoms with Crippen LogP contribution in [0.4, 0.5) is 0 Å². The molecule has 0 bridgehead atoms. The first-order valence-corrected chi connectivity index (χ1v) is 11.9. The summed E-state index contributed by atoms with van der Waals surface area (Å²) >= 11 is 0. The molecule has 0 aliphatic carbocycles. The van der Waals surface area contributed by atoms with E-state index in [2.05, 4.69) is 62.3 Å². The van der Waals surface area contributed by atoms with Crippen molar-refractivity contribution in [2.75, 3.05) is 0 Å². The number of hydrogen-bond acceptors (Lipinski definition) is 0. The Morgan fingerprint density at radius 3 is 1.20 bits per heavy atom. The average molecular weight is 318 g/mol. The highest BCUT2D eigenvalue weighted by Crippen LogP contribution is 2.67. The highest BCUT2D eigenvalue weighted by molar-refractivity contribution is 7.77. The first-order chi connectivity index (χ1) is 9.23. The topological polar surface area (TPSA) is 0 Å². The Bertz CT molecular complexity index is 198. The van der Waals surface area contributed by atoms with E-state index in [4.69, 9.17) is 0 Å². The van der Waals surface area contributed by atoms with Crippen molar-refractivity contribution in [3.8, 4) is 0 Å². The van der Waals surface area contributed by atoms with E-state index in [0.717, 1.165) is 28.0 Å². The molecule has 0 aliphatic heterocycles. The van der Waals surface area contributed by atoms with Gasteiger partial charge in [-0.25, -0.2) is 0 Å². The van der Waals surface area contributed by atoms with Crippen LogP contribution < -0.4 is 0 Å². The lowest BCUT2D eigenvalue weighted by Crippen LogP contribution is -2.22. The van der Waals surface area contributed by atoms with E-state index in [0.29, 0.717) is 0 Å². The normalized spacial score (nSPS) is 13.2. The van der Waals surface area contributed by atoms with Gasteiger partial charge in [-0.1, -0.05) is 97.4 Å². The maximum absolute atomic E-state index is 2.48. The van der Waals surface area contributed by atoms with Crippen LogP contribution in [-0.2, 0) is 0 Å². The zero-order chi connectivity index (χ0) is 15.9. The van der Waals surface area contributed by atoms with Crippen molar-refractivity contribution in [1.29, 1.82) is 0 Å². The Hall–Kier alpha value is 0.860. The zero-order valence-electron chi connectivity index (χ0n) is 15.6. The van der Waals surface area contributed by atoms with E-state index < -0.39 is 0 Å². The Kier molecular flexibility index (Phi) is 11.0. The second-order valence-electron chi connectivity index (χ2n) is 7.25. The lowest BCUT2D eigenvalue weighted by molar-refractivity contribution is 0.685. The molecule has 0 rings (SSSR count). The summed E-state index contributed by atoms with van der Waals surface area (Å²) in [6, 6.07) is 0. The Labute approximate surface area is 132 Å². The molecule has 20 heavy (non-hydrogen) atoms. The molecule has 0 fully saturated rings. The third kappa shape index (κ3) is 6.75. The molecule has 0 atom stereocenters. The standard InChI is InChI=1S/C18H40P2/c1-10-11-12-13-18(19(14(2)3)15(4)5)20(16(6)7)17(8)9/h14-18H,10-13H2,1-9H3. The van der Waals surface area contributed by atoms with Crippen LogP contribution in [0.3, 0.4) is 0 Å². The second-order valence-corrected chi connectivity index (χ2v) is 14.8. The quantitative estimate of drug-likeness (QED) is 0.289. The van der Waals surface area contributed by atoms with Gasteiger partial charge in [0.1, 0.15) is 0 Å². The van der Waals surface area contributed by atoms with Crippen molar-refractivity contribution in [1.82, 2.24) is 0 Å². The van der Waals surface area contributed by atoms with Gasteiger partial charge in [0.05, 0.1) is 0 Å². The molecule has 0 aromatic rings. The molecule has 0 aromatic heterocycles. The minimum absolute atomic E-state index is 0.166. The lowest BCUT2D eigenvalue weighted by Gasteiger charge is -2.43. The van der Waals surface area contributed by atoms with E-state index in [1.54, 1.807) is 0 Å². The minimum Gasteiger partial charge on any atom is -0.0938 e. The second kappa shape index (κ2) is 10.6. The molecule has 0 amide bonds. The van der Waals surface area contributed by atoms with Crippen molar-refractivity contribution in [3.63, 3.8) is 0 Å². The summed E-state index contributed by atoms with van der Waals surface area (Å²) in [6.45, 7) is 22.2. The fraction of sp³-hybridized carbons (Fsp3) is 1.00. The molecule has 2 heteroatoms. The maximum Gasteiger partial charge on any atom is 0.000336 e. The molecule has 0 saturated heterocycles. The number of hydrogen-bond donors (Lipinski definition) is 0. The largest absolute Gasteiger partial charge is 0.0938 e. The molecule has 0 N–H and O–H groups in total. The van der Waals surface area contributed by atoms with Gasteiger partial charge in [0.25, 0.3) is 0 Å². The van der Waals surface area contributed by atoms with Crippen LogP contribution in [-0.4, -0.2) is 28.0 Å². The zero-order valence-corrected chi connectivity index (χ0v) is 17.4. The van der Waals surface area contributed by atoms with Gasteiger partial charge in [0.15, 0.2) is 0 Å². The van der Waals surface area contributed by atoms with Crippen LogP contribution in [0.15, 0.2) is 0 Å². The van der Waals surface area contributed by atoms with Gasteiger partial charge < -0.3 is 0 Å². The monoisotopic (exact) mass is 318 g/mol. The number of unbranched alkanes of at least 4 members (excludes halogenated alkanes) is 2. The van der Waals surface area contributed by atoms with E-state index in [1.165, 1.54) is 25.7 Å². The summed E-state index contributed by atoms with van der Waals surface area (Å²) in [5, 5.41) is 1.03. The Morgan fingerprint density at radius 2 is 0.950 bits per heavy atom. The van der Waals surface area contributed by atoms with Crippen molar-refractivity contribution in [2.24, 2.45) is 0 Å². The van der Waals surface area contributed by atoms with Gasteiger partial charge in [0.2, 0.25) is 0 Å². The summed E-state index contributed by atoms with van der Waals surface area (Å²) in [5.74, 6) is 0. The van der Waals surface area contributed by atoms with E-state index in [-0.39, 0.29) is 15.8 Å². The Balaban J connectivity index is 5.20. The predicted molar refractivity (Wildman–Crippen MR) is 102 cm³/mol. The Morgan fingerprint density at radius 1 is 0.600 bits per heavy atom. The van der Waals surface area contributed by atoms with E-state index in [1.807, 2.05) is 0 Å². The van der Waals surface area contributed by atoms with Crippen LogP contribution in [0.1, 0.15) is 88.0 Å². The number of rotatable bonds is 10. The third-order valence-corrected chi connectivity index (χ3v) is 12.4. The SMILES string of the molecule is CCCCCC(P(C(C)C)C(C)C)P(C(C)C)C(C)C. The fourth-order valence-corrected chi connectivity index (χ4v) is 14.1. The van der Waals surface area contributed by atoms with Crippen LogP contribution in [0.5, 0.6) is 0 Å². The highest BCUT2D eigenvalue weighted by atomic mass is 31.2. The molecule has 0 aliphatic rings. The van der Waals surface area contributed by atoms with Crippen molar-refractivity contribution >= 4 is 15.8 Å². The van der Waals surface area contributed by atoms with Crippen molar-refractivity contribution in [3.05, 3.63) is 0 Å². The van der Waals surface area contributed by atoms with Crippen LogP contribution in [0.25, 0.3) is 0 Å². The summed E-state index contributed by atoms with van der Waals surface area (Å²) in [6.07, 6.45) is 5.74. The summed E-state index contributed by atoms with van der Waals surface area (Å²) in [7, 11) is 0.332. The third-order valence-electron chi connectivity index (χ3n) is 4.14. The molecule has 0 aromatic carbocycles. The van der Waals surface area contributed by atoms with E-state index >= 15 is 0 Å². The molecule has 0 saturated carbocycles. The lowest BCUT2D eigenvalue weighted by atomic mass is 10.2. The average Bonchev–Trinajstić information content (AvgIpc) is 2.26. The maximum atomic E-state index is 2.48. The molecule has 0 spiro atoms. The van der Waals surface area contributed by atoms with Gasteiger partial charge >= 0.3 is 0 Å². The fourth-order valence-electron chi connectivity index (χ4n) is 3.60. The van der Waals surface area contributed by atoms with Crippen LogP contribution >= 0.6 is 15.8 Å². The van der Waals surface area contributed by atoms with Gasteiger partial charge in [-0.05, 0) is 29.1 Å². The van der Waals surface area contributed by atoms with Crippen LogP contribution in [0.2, 0.25) is 0 Å². The summed E-state index contributed by atoms with van der Waals surface area (Å²) in [4.78, 5) is 0. The molecule has 0 nitrogen and oxygen atoms in total. The van der Waals surface area contributed by atoms with E-state index in [9.17, 15) is 0 Å². The first-order valence-electron chi connectivity index (χ1n) is 8.78. The van der Waals surface area contributed by atoms with Gasteiger partial charge in [-0.2, -0.15) is 0 Å². The van der Waals surface area contributed by atoms with Crippen molar-refractivity contribution < 1.29 is 0 Å². The molecular weight excluding hydrogens is 278 g/mol. The molecule has 0 unspecified atom stereocenters. The molecule has 122 valence electrons. The van der Waals surface area contributed by atoms with Gasteiger partial charge in [0, 0.05) is 5.40 Å². The molecule has 0 heterocycles. The first kappa shape index (κ1) is 20.9. The van der Waals surface area contributed by atoms with Crippen LogP contribution in [0, 0.1) is 0 Å². The van der Waals surface area contributed by atoms with Crippen molar-refractivity contribution in [2.45, 2.75) is 116 Å². The van der Waals surface area contributed by atoms with Gasteiger partial charge in [-0.15, -0.1) is 0 Å². The molecular formula is C18H40P2. The minimum atomic E-state index is 0.166. The summed E-state index contributed by atoms with van der Waals surface area (Å²) < 4.78 is 0. The summed E-state index contributed by atoms with van der Waals surface area (Å²) in [5.41, 5.74) is 3.55. The predicted octanol–water partition coefficient (Wildman–Crippen LogP) is 7.49.